The summed E-state index contributed by atoms with van der Waals surface area (Å²) in [5.41, 5.74) is 0.654. The minimum Gasteiger partial charge on any atom is -0.508 e. The van der Waals surface area contributed by atoms with E-state index in [2.05, 4.69) is 6.92 Å². The summed E-state index contributed by atoms with van der Waals surface area (Å²) in [6.45, 7) is 2.21. The molecule has 1 rings (SSSR count). The van der Waals surface area contributed by atoms with Crippen LogP contribution in [0, 0.1) is 0 Å². The lowest BCUT2D eigenvalue weighted by Crippen LogP contribution is -1.97. The first-order valence-corrected chi connectivity index (χ1v) is 6.71. The molecule has 0 heterocycles. The van der Waals surface area contributed by atoms with Gasteiger partial charge in [-0.25, -0.2) is 0 Å². The van der Waals surface area contributed by atoms with Gasteiger partial charge in [0.1, 0.15) is 5.75 Å². The van der Waals surface area contributed by atoms with Crippen LogP contribution in [0.1, 0.15) is 63.5 Å². The van der Waals surface area contributed by atoms with Gasteiger partial charge in [-0.15, -0.1) is 0 Å². The van der Waals surface area contributed by atoms with E-state index in [1.54, 1.807) is 18.2 Å². The molecule has 0 aromatic heterocycles. The molecule has 2 nitrogen and oxygen atoms in total. The van der Waals surface area contributed by atoms with Crippen LogP contribution in [0.3, 0.4) is 0 Å². The minimum absolute atomic E-state index is 0.200. The van der Waals surface area contributed by atoms with Gasteiger partial charge in [0.05, 0.1) is 6.10 Å². The number of aromatic hydroxyl groups is 1. The standard InChI is InChI=1S/C15H24O2/c1-2-3-4-5-6-7-11-14(16)13-10-8-9-12-15(13)17/h8-10,12,14,16-17H,2-7,11H2,1H3. The van der Waals surface area contributed by atoms with Crippen LogP contribution in [0.15, 0.2) is 24.3 Å². The van der Waals surface area contributed by atoms with Crippen molar-refractivity contribution in [2.24, 2.45) is 0 Å². The number of hydrogen-bond acceptors (Lipinski definition) is 2. The zero-order valence-corrected chi connectivity index (χ0v) is 10.7. The number of para-hydroxylation sites is 1. The lowest BCUT2D eigenvalue weighted by Gasteiger charge is -2.12. The van der Waals surface area contributed by atoms with Crippen molar-refractivity contribution in [2.75, 3.05) is 0 Å². The Hall–Kier alpha value is -1.02. The summed E-state index contributed by atoms with van der Waals surface area (Å²) in [5.74, 6) is 0.200. The minimum atomic E-state index is -0.526. The predicted octanol–water partition coefficient (Wildman–Crippen LogP) is 4.18. The number of aliphatic hydroxyl groups excluding tert-OH is 1. The predicted molar refractivity (Wildman–Crippen MR) is 71.1 cm³/mol. The summed E-state index contributed by atoms with van der Waals surface area (Å²) >= 11 is 0. The molecular formula is C15H24O2. The molecule has 0 saturated heterocycles. The summed E-state index contributed by atoms with van der Waals surface area (Å²) in [7, 11) is 0. The molecule has 2 N–H and O–H groups in total. The van der Waals surface area contributed by atoms with Gasteiger partial charge in [-0.05, 0) is 12.5 Å². The highest BCUT2D eigenvalue weighted by Crippen LogP contribution is 2.27. The van der Waals surface area contributed by atoms with E-state index in [1.807, 2.05) is 6.07 Å². The van der Waals surface area contributed by atoms with Gasteiger partial charge < -0.3 is 10.2 Å². The number of rotatable bonds is 8. The van der Waals surface area contributed by atoms with Crippen molar-refractivity contribution in [1.82, 2.24) is 0 Å². The molecule has 1 aromatic rings. The summed E-state index contributed by atoms with van der Waals surface area (Å²) in [6.07, 6.45) is 7.53. The maximum Gasteiger partial charge on any atom is 0.121 e. The van der Waals surface area contributed by atoms with E-state index < -0.39 is 6.10 Å². The van der Waals surface area contributed by atoms with E-state index in [1.165, 1.54) is 32.1 Å². The molecule has 0 aliphatic rings. The maximum absolute atomic E-state index is 9.94. The van der Waals surface area contributed by atoms with Crippen LogP contribution in [0.4, 0.5) is 0 Å². The maximum atomic E-state index is 9.94. The van der Waals surface area contributed by atoms with Crippen LogP contribution in [0.2, 0.25) is 0 Å². The second-order valence-electron chi connectivity index (χ2n) is 4.63. The van der Waals surface area contributed by atoms with Gasteiger partial charge >= 0.3 is 0 Å². The second kappa shape index (κ2) is 8.13. The molecule has 0 fully saturated rings. The average Bonchev–Trinajstić information content (AvgIpc) is 2.34. The second-order valence-corrected chi connectivity index (χ2v) is 4.63. The largest absolute Gasteiger partial charge is 0.508 e. The fourth-order valence-corrected chi connectivity index (χ4v) is 2.04. The van der Waals surface area contributed by atoms with Gasteiger partial charge in [-0.3, -0.25) is 0 Å². The first-order chi connectivity index (χ1) is 8.25. The third-order valence-corrected chi connectivity index (χ3v) is 3.13. The van der Waals surface area contributed by atoms with Crippen LogP contribution in [-0.4, -0.2) is 10.2 Å². The molecule has 0 aliphatic carbocycles. The first-order valence-electron chi connectivity index (χ1n) is 6.71. The van der Waals surface area contributed by atoms with Crippen LogP contribution >= 0.6 is 0 Å². The Morgan fingerprint density at radius 3 is 2.35 bits per heavy atom. The number of aliphatic hydroxyl groups is 1. The zero-order valence-electron chi connectivity index (χ0n) is 10.7. The highest BCUT2D eigenvalue weighted by molar-refractivity contribution is 5.33. The van der Waals surface area contributed by atoms with Crippen molar-refractivity contribution in [1.29, 1.82) is 0 Å². The van der Waals surface area contributed by atoms with Crippen LogP contribution in [-0.2, 0) is 0 Å². The number of phenols is 1. The Morgan fingerprint density at radius 2 is 1.65 bits per heavy atom. The van der Waals surface area contributed by atoms with Crippen molar-refractivity contribution in [3.8, 4) is 5.75 Å². The van der Waals surface area contributed by atoms with Gasteiger partial charge in [-0.2, -0.15) is 0 Å². The monoisotopic (exact) mass is 236 g/mol. The van der Waals surface area contributed by atoms with E-state index in [0.717, 1.165) is 12.8 Å². The van der Waals surface area contributed by atoms with Crippen molar-refractivity contribution in [2.45, 2.75) is 58.0 Å². The average molecular weight is 236 g/mol. The molecule has 0 bridgehead atoms. The third kappa shape index (κ3) is 5.22. The van der Waals surface area contributed by atoms with Gasteiger partial charge in [0.25, 0.3) is 0 Å². The summed E-state index contributed by atoms with van der Waals surface area (Å²) in [5, 5.41) is 19.5. The molecule has 0 radical (unpaired) electrons. The highest BCUT2D eigenvalue weighted by Gasteiger charge is 2.10. The van der Waals surface area contributed by atoms with Gasteiger partial charge in [-0.1, -0.05) is 63.6 Å². The van der Waals surface area contributed by atoms with Crippen molar-refractivity contribution in [3.05, 3.63) is 29.8 Å². The van der Waals surface area contributed by atoms with Gasteiger partial charge in [0, 0.05) is 5.56 Å². The van der Waals surface area contributed by atoms with E-state index in [9.17, 15) is 10.2 Å². The Labute approximate surface area is 104 Å². The fourth-order valence-electron chi connectivity index (χ4n) is 2.04. The van der Waals surface area contributed by atoms with Gasteiger partial charge in [0.15, 0.2) is 0 Å². The van der Waals surface area contributed by atoms with E-state index in [-0.39, 0.29) is 5.75 Å². The topological polar surface area (TPSA) is 40.5 Å². The molecule has 17 heavy (non-hydrogen) atoms. The lowest BCUT2D eigenvalue weighted by molar-refractivity contribution is 0.159. The number of benzene rings is 1. The molecule has 0 amide bonds. The SMILES string of the molecule is CCCCCCCCC(O)c1ccccc1O. The molecule has 2 heteroatoms. The van der Waals surface area contributed by atoms with Crippen molar-refractivity contribution >= 4 is 0 Å². The van der Waals surface area contributed by atoms with Crippen LogP contribution < -0.4 is 0 Å². The zero-order chi connectivity index (χ0) is 12.5. The number of unbranched alkanes of at least 4 members (excludes halogenated alkanes) is 5. The Morgan fingerprint density at radius 1 is 1.00 bits per heavy atom. The first kappa shape index (κ1) is 14.0. The molecular weight excluding hydrogens is 212 g/mol. The molecule has 0 spiro atoms. The summed E-state index contributed by atoms with van der Waals surface area (Å²) in [4.78, 5) is 0. The quantitative estimate of drug-likeness (QED) is 0.665. The Bertz CT molecular complexity index is 310. The smallest absolute Gasteiger partial charge is 0.121 e. The molecule has 0 saturated carbocycles. The molecule has 1 unspecified atom stereocenters. The third-order valence-electron chi connectivity index (χ3n) is 3.13. The molecule has 96 valence electrons. The number of hydrogen-bond donors (Lipinski definition) is 2. The fraction of sp³-hybridized carbons (Fsp3) is 0.600. The molecule has 1 atom stereocenters. The van der Waals surface area contributed by atoms with Crippen LogP contribution in [0.5, 0.6) is 5.75 Å². The van der Waals surface area contributed by atoms with E-state index in [0.29, 0.717) is 5.56 Å². The normalized spacial score (nSPS) is 12.6. The molecule has 0 aliphatic heterocycles. The summed E-state index contributed by atoms with van der Waals surface area (Å²) in [6, 6.07) is 7.03. The summed E-state index contributed by atoms with van der Waals surface area (Å²) < 4.78 is 0. The Kier molecular flexibility index (Phi) is 6.71. The Balaban J connectivity index is 2.21. The van der Waals surface area contributed by atoms with Crippen molar-refractivity contribution < 1.29 is 10.2 Å². The number of phenolic OH excluding ortho intramolecular Hbond substituents is 1. The van der Waals surface area contributed by atoms with E-state index >= 15 is 0 Å². The highest BCUT2D eigenvalue weighted by atomic mass is 16.3. The van der Waals surface area contributed by atoms with Gasteiger partial charge in [0.2, 0.25) is 0 Å². The molecule has 1 aromatic carbocycles. The lowest BCUT2D eigenvalue weighted by atomic mass is 10.0. The van der Waals surface area contributed by atoms with Crippen molar-refractivity contribution in [3.63, 3.8) is 0 Å². The van der Waals surface area contributed by atoms with E-state index in [4.69, 9.17) is 0 Å². The van der Waals surface area contributed by atoms with Crippen LogP contribution in [0.25, 0.3) is 0 Å².